The number of ether oxygens (including phenoxy) is 5. The summed E-state index contributed by atoms with van der Waals surface area (Å²) in [6.07, 6.45) is 8.98. The van der Waals surface area contributed by atoms with Crippen LogP contribution in [-0.2, 0) is 64.3 Å². The van der Waals surface area contributed by atoms with Gasteiger partial charge >= 0.3 is 12.1 Å². The van der Waals surface area contributed by atoms with E-state index in [1.807, 2.05) is 74.1 Å². The van der Waals surface area contributed by atoms with Crippen molar-refractivity contribution in [2.75, 3.05) is 112 Å². The fraction of sp³-hybridized carbons (Fsp3) is 0.415. The first-order valence-electron chi connectivity index (χ1n) is 38.8. The standard InChI is InChI=1S/C82H90F4N20O15/c1-49(78(113)105-47-81(83,84)40-61(105)42-87)95-76(111)52-14-18-89-57(35-52)43-93-71(107)16-24-117-28-30-119-26-22-103-45-66(97-99-103)54-32-55(67-46-104(100-98-67)23-27-120-31-29-118-25-17-72(108)94-44-58-36-53(15-19-90-58)77(112)96-50(2)79(114)106-48-82(85,86)41-70(106)88-3)34-56(33-54)75(110)92-21-20-91-74(109)51-8-11-62(65(37-51)80(115)116)73-63-12-9-59(101(4)5)38-68(63)121-69-39-60(102(6)7)10-13-64(69)73/h8-15,18-19,32-39,45-46,49-50,61,63,70,73H,16-17,20-31,40-41,43-44,47-48H2,1-2,4-7H3,(H6-,91,92,93,94,95,96,107,108,109,110,111,112,115,116)/p+1/t49-,50-,61+,63?,70-,73?/m0/s1. The van der Waals surface area contributed by atoms with Gasteiger partial charge < -0.3 is 70.5 Å². The van der Waals surface area contributed by atoms with Gasteiger partial charge in [0.05, 0.1) is 128 Å². The Morgan fingerprint density at radius 3 is 1.69 bits per heavy atom. The number of halogens is 4. The second-order valence-corrected chi connectivity index (χ2v) is 29.4. The first-order chi connectivity index (χ1) is 57.9. The molecule has 35 nitrogen and oxygen atoms in total. The number of carboxylic acid groups (broad SMARTS) is 1. The number of anilines is 1. The average Bonchev–Trinajstić information content (AvgIpc) is 1.57. The van der Waals surface area contributed by atoms with Crippen molar-refractivity contribution in [2.45, 2.75) is 108 Å². The summed E-state index contributed by atoms with van der Waals surface area (Å²) in [6, 6.07) is 19.0. The number of benzene rings is 3. The van der Waals surface area contributed by atoms with Crippen molar-refractivity contribution in [3.8, 4) is 34.3 Å². The molecule has 0 saturated carbocycles. The van der Waals surface area contributed by atoms with Crippen molar-refractivity contribution in [3.05, 3.63) is 189 Å². The number of nitrogens with zero attached hydrogens (tertiary/aromatic N) is 14. The molecule has 7 heterocycles. The van der Waals surface area contributed by atoms with Gasteiger partial charge in [0, 0.05) is 134 Å². The number of likely N-dealkylation sites (tertiary alicyclic amines) is 2. The molecule has 3 aromatic carbocycles. The van der Waals surface area contributed by atoms with Crippen molar-refractivity contribution >= 4 is 64.6 Å². The van der Waals surface area contributed by atoms with Crippen LogP contribution in [0.3, 0.4) is 0 Å². The van der Waals surface area contributed by atoms with Crippen molar-refractivity contribution in [1.29, 1.82) is 5.26 Å². The van der Waals surface area contributed by atoms with Gasteiger partial charge in [0.25, 0.3) is 41.4 Å². The SMILES string of the molecule is [C-]#[N+][C@@H]1CC(F)(F)CN1C(=O)[C@H](C)NC(=O)c1ccnc(CNC(=O)CCOCCOCCn2cc(-c3cc(C(=O)NCCNC(=O)c4ccc(C5c6ccc(N(C)C)cc6OC6=CC(=[N+](C)C)C=CC65)c(C(=O)O)c4)cc(-c4cn(CCOCCOCCC(=O)NCc5cc(C(=O)N[C@@H](C)C(=O)N6CC(F)(F)C[C@@H]6C#N)ccn5)nn4)c3)nn2)c1. The highest BCUT2D eigenvalue weighted by Crippen LogP contribution is 2.49. The number of aromatic carboxylic acids is 1. The zero-order valence-electron chi connectivity index (χ0n) is 67.1. The van der Waals surface area contributed by atoms with Crippen molar-refractivity contribution in [1.82, 2.24) is 81.7 Å². The summed E-state index contributed by atoms with van der Waals surface area (Å²) < 4.78 is 90.3. The number of alkyl halides is 4. The molecule has 2 fully saturated rings. The highest BCUT2D eigenvalue weighted by atomic mass is 19.3. The van der Waals surface area contributed by atoms with E-state index in [9.17, 15) is 71.1 Å². The van der Waals surface area contributed by atoms with Crippen LogP contribution in [0, 0.1) is 23.8 Å². The van der Waals surface area contributed by atoms with Crippen LogP contribution < -0.4 is 41.5 Å². The Morgan fingerprint density at radius 2 is 1.16 bits per heavy atom. The monoisotopic (exact) mass is 1670 g/mol. The minimum absolute atomic E-state index is 0.0157. The lowest BCUT2D eigenvalue weighted by Crippen LogP contribution is -2.48. The molecule has 4 aromatic heterocycles. The number of pyridine rings is 2. The Hall–Kier alpha value is -13.2. The van der Waals surface area contributed by atoms with Gasteiger partial charge in [0.1, 0.15) is 61.5 Å². The van der Waals surface area contributed by atoms with Crippen LogP contribution in [-0.4, -0.2) is 262 Å². The molecule has 2 saturated heterocycles. The third-order valence-electron chi connectivity index (χ3n) is 20.0. The Balaban J connectivity index is 0.651. The number of nitrogens with one attached hydrogen (secondary N) is 6. The summed E-state index contributed by atoms with van der Waals surface area (Å²) in [4.78, 5) is 133. The van der Waals surface area contributed by atoms with Crippen LogP contribution in [0.4, 0.5) is 23.2 Å². The number of aromatic nitrogens is 8. The largest absolute Gasteiger partial charge is 0.478 e. The number of hydrogen-bond acceptors (Lipinski definition) is 22. The maximum atomic E-state index is 14.2. The summed E-state index contributed by atoms with van der Waals surface area (Å²) in [5.41, 5.74) is 5.85. The normalized spacial score (nSPS) is 17.1. The van der Waals surface area contributed by atoms with E-state index >= 15 is 0 Å². The minimum atomic E-state index is -3.22. The maximum Gasteiger partial charge on any atom is 0.336 e. The van der Waals surface area contributed by atoms with Gasteiger partial charge in [0.15, 0.2) is 0 Å². The van der Waals surface area contributed by atoms with E-state index in [0.717, 1.165) is 26.8 Å². The molecule has 7 aromatic rings. The van der Waals surface area contributed by atoms with Gasteiger partial charge in [-0.2, -0.15) is 5.26 Å². The summed E-state index contributed by atoms with van der Waals surface area (Å²) in [6.45, 7) is 9.44. The number of carboxylic acids is 1. The molecule has 6 atom stereocenters. The van der Waals surface area contributed by atoms with Gasteiger partial charge in [0.2, 0.25) is 23.4 Å². The number of carbonyl (C=O) groups excluding carboxylic acids is 8. The number of carbonyl (C=O) groups is 9. The van der Waals surface area contributed by atoms with Gasteiger partial charge in [-0.05, 0) is 80.1 Å². The van der Waals surface area contributed by atoms with Crippen LogP contribution in [0.25, 0.3) is 27.4 Å². The van der Waals surface area contributed by atoms with Crippen LogP contribution in [0.5, 0.6) is 5.75 Å². The molecular formula is C82H91F4N20O15+. The molecule has 0 spiro atoms. The van der Waals surface area contributed by atoms with Crippen molar-refractivity contribution in [3.63, 3.8) is 0 Å². The van der Waals surface area contributed by atoms with Crippen molar-refractivity contribution in [2.24, 2.45) is 5.92 Å². The lowest BCUT2D eigenvalue weighted by molar-refractivity contribution is -0.462. The third kappa shape index (κ3) is 23.6. The highest BCUT2D eigenvalue weighted by molar-refractivity contribution is 6.03. The van der Waals surface area contributed by atoms with Gasteiger partial charge in [-0.25, -0.2) is 42.9 Å². The van der Waals surface area contributed by atoms with Gasteiger partial charge in [-0.1, -0.05) is 28.6 Å². The second kappa shape index (κ2) is 40.5. The predicted octanol–water partition coefficient (Wildman–Crippen LogP) is 4.81. The Morgan fingerprint density at radius 1 is 0.645 bits per heavy atom. The first kappa shape index (κ1) is 88.6. The topological polar surface area (TPSA) is 420 Å². The van der Waals surface area contributed by atoms with E-state index in [-0.39, 0.29) is 151 Å². The number of hydrogen-bond donors (Lipinski definition) is 7. The molecule has 0 bridgehead atoms. The molecule has 0 radical (unpaired) electrons. The quantitative estimate of drug-likeness (QED) is 0.0118. The Bertz CT molecular complexity index is 5000. The average molecular weight is 1670 g/mol. The molecule has 121 heavy (non-hydrogen) atoms. The number of nitriles is 1. The fourth-order valence-corrected chi connectivity index (χ4v) is 13.7. The number of rotatable bonds is 38. The molecule has 4 aliphatic rings. The van der Waals surface area contributed by atoms with Crippen LogP contribution >= 0.6 is 0 Å². The van der Waals surface area contributed by atoms with E-state index in [0.29, 0.717) is 51.0 Å². The summed E-state index contributed by atoms with van der Waals surface area (Å²) in [7, 11) is 7.67. The zero-order chi connectivity index (χ0) is 86.7. The molecule has 11 rings (SSSR count). The van der Waals surface area contributed by atoms with Gasteiger partial charge in [-0.3, -0.25) is 58.1 Å². The fourth-order valence-electron chi connectivity index (χ4n) is 13.7. The Labute approximate surface area is 692 Å². The molecular weight excluding hydrogens is 1580 g/mol. The summed E-state index contributed by atoms with van der Waals surface area (Å²) >= 11 is 0. The smallest absolute Gasteiger partial charge is 0.336 e. The first-order valence-corrected chi connectivity index (χ1v) is 38.8. The predicted molar refractivity (Wildman–Crippen MR) is 424 cm³/mol. The van der Waals surface area contributed by atoms with Crippen LogP contribution in [0.2, 0.25) is 0 Å². The second-order valence-electron chi connectivity index (χ2n) is 29.4. The van der Waals surface area contributed by atoms with E-state index in [1.54, 1.807) is 58.2 Å². The molecule has 7 N–H and O–H groups in total. The summed E-state index contributed by atoms with van der Waals surface area (Å²) in [5, 5.41) is 53.4. The number of amides is 8. The molecule has 636 valence electrons. The van der Waals surface area contributed by atoms with E-state index < -0.39 is 109 Å². The molecule has 3 aliphatic heterocycles. The maximum absolute atomic E-state index is 14.2. The highest BCUT2D eigenvalue weighted by Gasteiger charge is 2.52. The molecule has 8 amide bonds. The summed E-state index contributed by atoms with van der Waals surface area (Å²) in [5.74, 6) is -12.1. The molecule has 2 unspecified atom stereocenters. The van der Waals surface area contributed by atoms with Gasteiger partial charge in [-0.15, -0.1) is 10.2 Å². The van der Waals surface area contributed by atoms with Crippen LogP contribution in [0.15, 0.2) is 128 Å². The van der Waals surface area contributed by atoms with E-state index in [2.05, 4.69) is 67.3 Å². The molecule has 1 aliphatic carbocycles. The lowest BCUT2D eigenvalue weighted by Gasteiger charge is -2.36. The number of fused-ring (bicyclic) bond motifs is 2. The third-order valence-corrected chi connectivity index (χ3v) is 20.0. The van der Waals surface area contributed by atoms with Crippen molar-refractivity contribution < 1.29 is 94.1 Å². The van der Waals surface area contributed by atoms with E-state index in [4.69, 9.17) is 30.3 Å². The lowest BCUT2D eigenvalue weighted by atomic mass is 9.74. The zero-order valence-corrected chi connectivity index (χ0v) is 67.1. The van der Waals surface area contributed by atoms with E-state index in [1.165, 1.54) is 56.6 Å². The Kier molecular flexibility index (Phi) is 29.6. The molecule has 39 heteroatoms. The minimum Gasteiger partial charge on any atom is -0.478 e. The van der Waals surface area contributed by atoms with Crippen LogP contribution in [0.1, 0.15) is 120 Å². The number of allylic oxidation sites excluding steroid dienone is 3.